The normalized spacial score (nSPS) is 34.5. The van der Waals surface area contributed by atoms with Crippen molar-refractivity contribution in [2.24, 2.45) is 5.41 Å². The zero-order chi connectivity index (χ0) is 15.4. The third-order valence-corrected chi connectivity index (χ3v) is 5.94. The van der Waals surface area contributed by atoms with Gasteiger partial charge < -0.3 is 19.2 Å². The number of ether oxygens (including phenoxy) is 1. The van der Waals surface area contributed by atoms with Crippen LogP contribution in [0.15, 0.2) is 41.3 Å². The summed E-state index contributed by atoms with van der Waals surface area (Å²) in [5.74, 6) is 0.774. The molecule has 3 aliphatic rings. The number of rotatable bonds is 2. The van der Waals surface area contributed by atoms with Crippen LogP contribution in [-0.2, 0) is 0 Å². The molecule has 6 heteroatoms. The van der Waals surface area contributed by atoms with E-state index in [-0.39, 0.29) is 34.4 Å². The number of aliphatic hydroxyl groups is 1. The maximum Gasteiger partial charge on any atom is 0.141 e. The molecule has 0 saturated carbocycles. The maximum absolute atomic E-state index is 11.2. The zero-order valence-electron chi connectivity index (χ0n) is 13.3. The summed E-state index contributed by atoms with van der Waals surface area (Å²) in [6, 6.07) is 5.73. The van der Waals surface area contributed by atoms with Gasteiger partial charge in [-0.2, -0.15) is 0 Å². The first-order chi connectivity index (χ1) is 11.3. The molecule has 5 rings (SSSR count). The molecule has 2 aromatic heterocycles. The first kappa shape index (κ1) is 16.1. The second-order valence-corrected chi connectivity index (χ2v) is 7.02. The average Bonchev–Trinajstić information content (AvgIpc) is 3.21. The van der Waals surface area contributed by atoms with Gasteiger partial charge in [-0.3, -0.25) is 4.98 Å². The predicted molar refractivity (Wildman–Crippen MR) is 93.5 cm³/mol. The van der Waals surface area contributed by atoms with E-state index in [1.54, 1.807) is 18.7 Å². The summed E-state index contributed by atoms with van der Waals surface area (Å²) < 4.78 is 11.5. The van der Waals surface area contributed by atoms with E-state index in [1.807, 2.05) is 18.2 Å². The van der Waals surface area contributed by atoms with E-state index >= 15 is 0 Å². The highest BCUT2D eigenvalue weighted by atomic mass is 79.9. The molecule has 128 valence electrons. The van der Waals surface area contributed by atoms with E-state index in [9.17, 15) is 5.11 Å². The predicted octanol–water partition coefficient (Wildman–Crippen LogP) is 2.93. The zero-order valence-corrected chi connectivity index (χ0v) is 15.0. The van der Waals surface area contributed by atoms with Crippen molar-refractivity contribution in [1.82, 2.24) is 9.88 Å². The van der Waals surface area contributed by atoms with Crippen LogP contribution in [0.4, 0.5) is 0 Å². The summed E-state index contributed by atoms with van der Waals surface area (Å²) in [5, 5.41) is 11.2. The Kier molecular flexibility index (Phi) is 3.94. The lowest BCUT2D eigenvalue weighted by molar-refractivity contribution is -0.0598. The molecule has 2 bridgehead atoms. The Balaban J connectivity index is 0.00000146. The quantitative estimate of drug-likeness (QED) is 0.851. The fourth-order valence-electron chi connectivity index (χ4n) is 4.87. The van der Waals surface area contributed by atoms with Crippen LogP contribution in [0.1, 0.15) is 36.1 Å². The number of aromatic nitrogens is 1. The smallest absolute Gasteiger partial charge is 0.141 e. The SMILES string of the molecule is Br.OC(c1ccoc1)C1c2ncccc2OC2CCN3CCC21C3. The van der Waals surface area contributed by atoms with Crippen molar-refractivity contribution in [2.75, 3.05) is 19.6 Å². The fourth-order valence-corrected chi connectivity index (χ4v) is 4.87. The number of furan rings is 1. The maximum atomic E-state index is 11.2. The lowest BCUT2D eigenvalue weighted by Crippen LogP contribution is -2.54. The van der Waals surface area contributed by atoms with Gasteiger partial charge in [0, 0.05) is 36.2 Å². The Morgan fingerprint density at radius 3 is 3.08 bits per heavy atom. The number of pyridine rings is 1. The molecule has 1 spiro atoms. The van der Waals surface area contributed by atoms with Crippen LogP contribution < -0.4 is 4.74 Å². The largest absolute Gasteiger partial charge is 0.488 e. The summed E-state index contributed by atoms with van der Waals surface area (Å²) in [4.78, 5) is 7.09. The Morgan fingerprint density at radius 2 is 2.25 bits per heavy atom. The van der Waals surface area contributed by atoms with Gasteiger partial charge in [-0.05, 0) is 37.6 Å². The molecule has 0 amide bonds. The Hall–Kier alpha value is -1.37. The van der Waals surface area contributed by atoms with Crippen molar-refractivity contribution >= 4 is 17.0 Å². The van der Waals surface area contributed by atoms with Gasteiger partial charge in [0.1, 0.15) is 11.9 Å². The number of hydrogen-bond donors (Lipinski definition) is 1. The van der Waals surface area contributed by atoms with Gasteiger partial charge in [0.05, 0.1) is 24.3 Å². The van der Waals surface area contributed by atoms with Crippen LogP contribution in [0.2, 0.25) is 0 Å². The number of aliphatic hydroxyl groups excluding tert-OH is 1. The number of hydrogen-bond acceptors (Lipinski definition) is 5. The minimum atomic E-state index is -0.619. The molecule has 5 unspecified atom stereocenters. The molecule has 24 heavy (non-hydrogen) atoms. The van der Waals surface area contributed by atoms with Crippen molar-refractivity contribution in [1.29, 1.82) is 0 Å². The number of fused-ring (bicyclic) bond motifs is 2. The molecule has 2 fully saturated rings. The summed E-state index contributed by atoms with van der Waals surface area (Å²) in [6.45, 7) is 3.14. The van der Waals surface area contributed by atoms with Crippen molar-refractivity contribution in [3.05, 3.63) is 48.2 Å². The van der Waals surface area contributed by atoms with Gasteiger partial charge in [0.25, 0.3) is 0 Å². The highest BCUT2D eigenvalue weighted by Crippen LogP contribution is 2.58. The van der Waals surface area contributed by atoms with Gasteiger partial charge in [0.2, 0.25) is 0 Å². The summed E-state index contributed by atoms with van der Waals surface area (Å²) >= 11 is 0. The van der Waals surface area contributed by atoms with E-state index in [4.69, 9.17) is 9.15 Å². The third-order valence-electron chi connectivity index (χ3n) is 5.94. The van der Waals surface area contributed by atoms with Crippen molar-refractivity contribution in [3.8, 4) is 5.75 Å². The first-order valence-electron chi connectivity index (χ1n) is 8.32. The van der Waals surface area contributed by atoms with Crippen LogP contribution in [0.3, 0.4) is 0 Å². The molecular weight excluding hydrogens is 372 g/mol. The van der Waals surface area contributed by atoms with Crippen LogP contribution in [0, 0.1) is 5.41 Å². The van der Waals surface area contributed by atoms with E-state index in [0.717, 1.165) is 49.5 Å². The van der Waals surface area contributed by atoms with E-state index in [1.165, 1.54) is 0 Å². The molecule has 1 N–H and O–H groups in total. The van der Waals surface area contributed by atoms with Gasteiger partial charge in [-0.25, -0.2) is 0 Å². The molecule has 0 aliphatic carbocycles. The van der Waals surface area contributed by atoms with E-state index in [0.29, 0.717) is 0 Å². The average molecular weight is 393 g/mol. The fraction of sp³-hybridized carbons (Fsp3) is 0.500. The number of piperidine rings is 1. The molecule has 3 aliphatic heterocycles. The van der Waals surface area contributed by atoms with Crippen LogP contribution in [0.25, 0.3) is 0 Å². The van der Waals surface area contributed by atoms with Crippen LogP contribution >= 0.6 is 17.0 Å². The first-order valence-corrected chi connectivity index (χ1v) is 8.32. The highest BCUT2D eigenvalue weighted by Gasteiger charge is 2.59. The lowest BCUT2D eigenvalue weighted by atomic mass is 9.63. The third kappa shape index (κ3) is 2.16. The molecule has 0 radical (unpaired) electrons. The minimum absolute atomic E-state index is 0. The summed E-state index contributed by atoms with van der Waals surface area (Å²) in [7, 11) is 0. The minimum Gasteiger partial charge on any atom is -0.488 e. The summed E-state index contributed by atoms with van der Waals surface area (Å²) in [5.41, 5.74) is 1.66. The van der Waals surface area contributed by atoms with Gasteiger partial charge in [-0.15, -0.1) is 17.0 Å². The Bertz CT molecular complexity index is 723. The number of halogens is 1. The molecule has 2 aromatic rings. The molecule has 5 heterocycles. The molecule has 5 nitrogen and oxygen atoms in total. The Labute approximate surface area is 151 Å². The topological polar surface area (TPSA) is 58.7 Å². The monoisotopic (exact) mass is 392 g/mol. The van der Waals surface area contributed by atoms with Crippen molar-refractivity contribution in [3.63, 3.8) is 0 Å². The van der Waals surface area contributed by atoms with Gasteiger partial charge in [0.15, 0.2) is 0 Å². The van der Waals surface area contributed by atoms with Crippen molar-refractivity contribution in [2.45, 2.75) is 31.0 Å². The van der Waals surface area contributed by atoms with Crippen LogP contribution in [-0.4, -0.2) is 40.7 Å². The van der Waals surface area contributed by atoms with Crippen LogP contribution in [0.5, 0.6) is 5.75 Å². The standard InChI is InChI=1S/C18H20N2O3.BrH/c21-17(12-4-9-22-10-12)15-16-13(2-1-6-19-16)23-14-3-7-20-8-5-18(14,15)11-20;/h1-2,4,6,9-10,14-15,17,21H,3,5,7-8,11H2;1H. The van der Waals surface area contributed by atoms with E-state index < -0.39 is 6.10 Å². The number of nitrogens with zero attached hydrogens (tertiary/aromatic N) is 2. The van der Waals surface area contributed by atoms with Gasteiger partial charge in [-0.1, -0.05) is 0 Å². The molecule has 5 atom stereocenters. The second-order valence-electron chi connectivity index (χ2n) is 7.02. The second kappa shape index (κ2) is 5.86. The molecular formula is C18H21BrN2O3. The highest BCUT2D eigenvalue weighted by molar-refractivity contribution is 8.93. The Morgan fingerprint density at radius 1 is 1.33 bits per heavy atom. The van der Waals surface area contributed by atoms with Crippen molar-refractivity contribution < 1.29 is 14.3 Å². The van der Waals surface area contributed by atoms with E-state index in [2.05, 4.69) is 9.88 Å². The molecule has 2 saturated heterocycles. The molecule has 0 aromatic carbocycles. The summed E-state index contributed by atoms with van der Waals surface area (Å²) in [6.07, 6.45) is 6.66. The lowest BCUT2D eigenvalue weighted by Gasteiger charge is -2.50. The van der Waals surface area contributed by atoms with Gasteiger partial charge >= 0.3 is 0 Å².